The number of hydrogen-bond donors (Lipinski definition) is 2. The van der Waals surface area contributed by atoms with Crippen molar-refractivity contribution in [1.29, 1.82) is 0 Å². The number of nitrogens with two attached hydrogens (primary N) is 1. The van der Waals surface area contributed by atoms with Crippen molar-refractivity contribution in [3.05, 3.63) is 29.8 Å². The fraction of sp³-hybridized carbons (Fsp3) is 0.600. The highest BCUT2D eigenvalue weighted by atomic mass is 16.5. The van der Waals surface area contributed by atoms with Crippen LogP contribution < -0.4 is 10.5 Å². The minimum atomic E-state index is -0.253. The first-order chi connectivity index (χ1) is 8.41. The van der Waals surface area contributed by atoms with E-state index in [2.05, 4.69) is 19.9 Å². The Kier molecular flexibility index (Phi) is 3.39. The molecule has 3 nitrogen and oxygen atoms in total. The molecule has 18 heavy (non-hydrogen) atoms. The van der Waals surface area contributed by atoms with Crippen LogP contribution in [0.1, 0.15) is 39.2 Å². The first-order valence-corrected chi connectivity index (χ1v) is 6.56. The van der Waals surface area contributed by atoms with Gasteiger partial charge in [0.25, 0.3) is 0 Å². The molecule has 0 saturated heterocycles. The second-order valence-electron chi connectivity index (χ2n) is 5.95. The van der Waals surface area contributed by atoms with E-state index in [-0.39, 0.29) is 23.7 Å². The zero-order valence-electron chi connectivity index (χ0n) is 11.4. The van der Waals surface area contributed by atoms with Gasteiger partial charge in [-0.1, -0.05) is 18.2 Å². The molecule has 0 aliphatic carbocycles. The van der Waals surface area contributed by atoms with Gasteiger partial charge in [0.2, 0.25) is 0 Å². The van der Waals surface area contributed by atoms with Crippen LogP contribution in [0.25, 0.3) is 0 Å². The fourth-order valence-corrected chi connectivity index (χ4v) is 3.21. The van der Waals surface area contributed by atoms with Crippen molar-refractivity contribution in [3.63, 3.8) is 0 Å². The molecular weight excluding hydrogens is 226 g/mol. The molecular formula is C15H23NO2. The molecule has 0 radical (unpaired) electrons. The standard InChI is InChI=1S/C15H23NO2/c1-11(16)15(8-9-17)10-14(2,3)18-13-7-5-4-6-12(13)15/h4-7,11,17H,8-10,16H2,1-3H3. The van der Waals surface area contributed by atoms with Crippen molar-refractivity contribution in [2.24, 2.45) is 5.73 Å². The molecule has 1 aromatic rings. The van der Waals surface area contributed by atoms with Gasteiger partial charge in [-0.3, -0.25) is 0 Å². The molecule has 100 valence electrons. The average Bonchev–Trinajstić information content (AvgIpc) is 2.27. The van der Waals surface area contributed by atoms with Gasteiger partial charge in [-0.25, -0.2) is 0 Å². The van der Waals surface area contributed by atoms with E-state index in [1.807, 2.05) is 25.1 Å². The van der Waals surface area contributed by atoms with E-state index in [0.717, 1.165) is 17.7 Å². The molecule has 2 rings (SSSR count). The maximum absolute atomic E-state index is 9.43. The summed E-state index contributed by atoms with van der Waals surface area (Å²) in [5.74, 6) is 0.902. The summed E-state index contributed by atoms with van der Waals surface area (Å²) in [5, 5.41) is 9.43. The van der Waals surface area contributed by atoms with E-state index in [0.29, 0.717) is 6.42 Å². The molecule has 0 bridgehead atoms. The summed E-state index contributed by atoms with van der Waals surface area (Å²) in [5.41, 5.74) is 6.94. The third kappa shape index (κ3) is 2.13. The molecule has 1 heterocycles. The van der Waals surface area contributed by atoms with Crippen LogP contribution in [-0.4, -0.2) is 23.4 Å². The quantitative estimate of drug-likeness (QED) is 0.863. The zero-order chi connectivity index (χ0) is 13.4. The highest BCUT2D eigenvalue weighted by molar-refractivity contribution is 5.44. The van der Waals surface area contributed by atoms with Crippen LogP contribution in [-0.2, 0) is 5.41 Å². The van der Waals surface area contributed by atoms with Crippen LogP contribution in [0.2, 0.25) is 0 Å². The van der Waals surface area contributed by atoms with Crippen LogP contribution in [0, 0.1) is 0 Å². The number of aliphatic hydroxyl groups is 1. The Morgan fingerprint density at radius 3 is 2.67 bits per heavy atom. The Morgan fingerprint density at radius 2 is 2.06 bits per heavy atom. The number of hydrogen-bond acceptors (Lipinski definition) is 3. The fourth-order valence-electron chi connectivity index (χ4n) is 3.21. The van der Waals surface area contributed by atoms with Crippen molar-refractivity contribution in [2.75, 3.05) is 6.61 Å². The second-order valence-corrected chi connectivity index (χ2v) is 5.95. The largest absolute Gasteiger partial charge is 0.488 e. The van der Waals surface area contributed by atoms with E-state index >= 15 is 0 Å². The Balaban J connectivity index is 2.57. The predicted molar refractivity (Wildman–Crippen MR) is 72.8 cm³/mol. The van der Waals surface area contributed by atoms with Gasteiger partial charge in [-0.15, -0.1) is 0 Å². The second kappa shape index (κ2) is 4.56. The number of para-hydroxylation sites is 1. The lowest BCUT2D eigenvalue weighted by Gasteiger charge is -2.48. The summed E-state index contributed by atoms with van der Waals surface area (Å²) in [6.45, 7) is 6.33. The Morgan fingerprint density at radius 1 is 1.39 bits per heavy atom. The van der Waals surface area contributed by atoms with Crippen LogP contribution in [0.3, 0.4) is 0 Å². The monoisotopic (exact) mass is 249 g/mol. The van der Waals surface area contributed by atoms with Gasteiger partial charge in [-0.05, 0) is 39.7 Å². The minimum Gasteiger partial charge on any atom is -0.488 e. The Labute approximate surface area is 109 Å². The lowest BCUT2D eigenvalue weighted by Crippen LogP contribution is -2.53. The summed E-state index contributed by atoms with van der Waals surface area (Å²) in [7, 11) is 0. The molecule has 0 saturated carbocycles. The van der Waals surface area contributed by atoms with Gasteiger partial charge in [0, 0.05) is 23.6 Å². The first-order valence-electron chi connectivity index (χ1n) is 6.56. The van der Waals surface area contributed by atoms with Crippen LogP contribution in [0.5, 0.6) is 5.75 Å². The number of aliphatic hydroxyl groups excluding tert-OH is 1. The van der Waals surface area contributed by atoms with Gasteiger partial charge in [0.1, 0.15) is 11.4 Å². The van der Waals surface area contributed by atoms with E-state index in [1.54, 1.807) is 0 Å². The third-order valence-electron chi connectivity index (χ3n) is 3.98. The van der Waals surface area contributed by atoms with E-state index < -0.39 is 0 Å². The third-order valence-corrected chi connectivity index (χ3v) is 3.98. The van der Waals surface area contributed by atoms with Gasteiger partial charge in [-0.2, -0.15) is 0 Å². The first kappa shape index (κ1) is 13.4. The van der Waals surface area contributed by atoms with Gasteiger partial charge < -0.3 is 15.6 Å². The van der Waals surface area contributed by atoms with Crippen LogP contribution >= 0.6 is 0 Å². The van der Waals surface area contributed by atoms with Crippen molar-refractivity contribution >= 4 is 0 Å². The highest BCUT2D eigenvalue weighted by Gasteiger charge is 2.46. The van der Waals surface area contributed by atoms with E-state index in [9.17, 15) is 5.11 Å². The molecule has 1 aromatic carbocycles. The molecule has 2 unspecified atom stereocenters. The normalized spacial score (nSPS) is 27.2. The Hall–Kier alpha value is -1.06. The molecule has 0 aromatic heterocycles. The zero-order valence-corrected chi connectivity index (χ0v) is 11.4. The lowest BCUT2D eigenvalue weighted by atomic mass is 9.65. The number of ether oxygens (including phenoxy) is 1. The summed E-state index contributed by atoms with van der Waals surface area (Å²) in [6, 6.07) is 8.03. The Bertz CT molecular complexity index is 428. The van der Waals surface area contributed by atoms with Crippen molar-refractivity contribution < 1.29 is 9.84 Å². The summed E-state index contributed by atoms with van der Waals surface area (Å²) < 4.78 is 6.03. The maximum atomic E-state index is 9.43. The number of fused-ring (bicyclic) bond motifs is 1. The molecule has 3 N–H and O–H groups in total. The SMILES string of the molecule is CC(N)C1(CCO)CC(C)(C)Oc2ccccc21. The number of rotatable bonds is 3. The van der Waals surface area contributed by atoms with Crippen LogP contribution in [0.4, 0.5) is 0 Å². The smallest absolute Gasteiger partial charge is 0.123 e. The van der Waals surface area contributed by atoms with E-state index in [1.165, 1.54) is 0 Å². The lowest BCUT2D eigenvalue weighted by molar-refractivity contribution is 0.0281. The minimum absolute atomic E-state index is 0.0195. The molecule has 0 fully saturated rings. The predicted octanol–water partition coefficient (Wildman–Crippen LogP) is 2.22. The van der Waals surface area contributed by atoms with Gasteiger partial charge >= 0.3 is 0 Å². The van der Waals surface area contributed by atoms with Crippen molar-refractivity contribution in [3.8, 4) is 5.75 Å². The maximum Gasteiger partial charge on any atom is 0.123 e. The molecule has 3 heteroatoms. The molecule has 0 amide bonds. The van der Waals surface area contributed by atoms with Crippen LogP contribution in [0.15, 0.2) is 24.3 Å². The molecule has 1 aliphatic heterocycles. The summed E-state index contributed by atoms with van der Waals surface area (Å²) in [4.78, 5) is 0. The van der Waals surface area contributed by atoms with Crippen molar-refractivity contribution in [2.45, 2.75) is 50.7 Å². The average molecular weight is 249 g/mol. The molecule has 2 atom stereocenters. The summed E-state index contributed by atoms with van der Waals surface area (Å²) in [6.07, 6.45) is 1.50. The number of benzene rings is 1. The summed E-state index contributed by atoms with van der Waals surface area (Å²) >= 11 is 0. The van der Waals surface area contributed by atoms with Gasteiger partial charge in [0.05, 0.1) is 0 Å². The van der Waals surface area contributed by atoms with E-state index in [4.69, 9.17) is 10.5 Å². The highest BCUT2D eigenvalue weighted by Crippen LogP contribution is 2.48. The molecule has 0 spiro atoms. The van der Waals surface area contributed by atoms with Gasteiger partial charge in [0.15, 0.2) is 0 Å². The molecule has 1 aliphatic rings. The van der Waals surface area contributed by atoms with Crippen molar-refractivity contribution in [1.82, 2.24) is 0 Å². The topological polar surface area (TPSA) is 55.5 Å².